The number of anilines is 1. The summed E-state index contributed by atoms with van der Waals surface area (Å²) in [5.41, 5.74) is 2.08. The number of ketones is 1. The van der Waals surface area contributed by atoms with E-state index in [-0.39, 0.29) is 16.7 Å². The number of nitrogens with zero attached hydrogens (tertiary/aromatic N) is 1. The first-order valence-corrected chi connectivity index (χ1v) is 14.0. The first-order valence-electron chi connectivity index (χ1n) is 11.5. The number of rotatable bonds is 7. The van der Waals surface area contributed by atoms with Gasteiger partial charge in [-0.05, 0) is 109 Å². The molecule has 1 atom stereocenters. The number of halogens is 1. The van der Waals surface area contributed by atoms with Gasteiger partial charge in [0.25, 0.3) is 10.0 Å². The maximum Gasteiger partial charge on any atom is 0.264 e. The molecule has 1 fully saturated rings. The highest BCUT2D eigenvalue weighted by Crippen LogP contribution is 2.38. The summed E-state index contributed by atoms with van der Waals surface area (Å²) >= 11 is 2.25. The van der Waals surface area contributed by atoms with E-state index in [4.69, 9.17) is 9.47 Å². The van der Waals surface area contributed by atoms with E-state index in [1.165, 1.54) is 13.0 Å². The molecule has 0 aromatic heterocycles. The van der Waals surface area contributed by atoms with Gasteiger partial charge in [0.15, 0.2) is 5.78 Å². The average Bonchev–Trinajstić information content (AvgIpc) is 2.82. The lowest BCUT2D eigenvalue weighted by molar-refractivity contribution is 0.0495. The van der Waals surface area contributed by atoms with E-state index in [9.17, 15) is 13.2 Å². The van der Waals surface area contributed by atoms with Crippen molar-refractivity contribution in [1.29, 1.82) is 0 Å². The molecule has 0 bridgehead atoms. The lowest BCUT2D eigenvalue weighted by atomic mass is 9.97. The maximum absolute atomic E-state index is 13.9. The standard InChI is InChI=1S/C25H30INO5S/c1-3-21-6-4-19-14-20(26)5-8-24(19)27(21)33(29,30)22-7-9-25(23(15-22)17(2)28)32-16-18-10-12-31-13-11-18/h5,7-9,14-15,18,21H,3-4,6,10-13,16H2,1-2H3. The van der Waals surface area contributed by atoms with Crippen molar-refractivity contribution < 1.29 is 22.7 Å². The first kappa shape index (κ1) is 24.5. The summed E-state index contributed by atoms with van der Waals surface area (Å²) in [4.78, 5) is 12.5. The summed E-state index contributed by atoms with van der Waals surface area (Å²) in [6.45, 7) is 5.39. The Bertz CT molecular complexity index is 1130. The molecule has 33 heavy (non-hydrogen) atoms. The molecule has 0 saturated carbocycles. The minimum absolute atomic E-state index is 0.118. The third-order valence-electron chi connectivity index (χ3n) is 6.53. The Kier molecular flexibility index (Phi) is 7.65. The Morgan fingerprint density at radius 3 is 2.61 bits per heavy atom. The van der Waals surface area contributed by atoms with Gasteiger partial charge in [-0.2, -0.15) is 0 Å². The highest BCUT2D eigenvalue weighted by atomic mass is 127. The van der Waals surface area contributed by atoms with Crippen molar-refractivity contribution >= 4 is 44.1 Å². The Morgan fingerprint density at radius 1 is 1.15 bits per heavy atom. The second-order valence-corrected chi connectivity index (χ2v) is 11.8. The van der Waals surface area contributed by atoms with Crippen LogP contribution in [0.3, 0.4) is 0 Å². The van der Waals surface area contributed by atoms with Gasteiger partial charge in [0.1, 0.15) is 5.75 Å². The van der Waals surface area contributed by atoms with Crippen molar-refractivity contribution in [2.75, 3.05) is 24.1 Å². The van der Waals surface area contributed by atoms with E-state index in [1.807, 2.05) is 19.1 Å². The lowest BCUT2D eigenvalue weighted by Crippen LogP contribution is -2.43. The van der Waals surface area contributed by atoms with Crippen molar-refractivity contribution in [3.8, 4) is 5.75 Å². The predicted octanol–water partition coefficient (Wildman–Crippen LogP) is 5.22. The fourth-order valence-electron chi connectivity index (χ4n) is 4.61. The number of Topliss-reactive ketones (excluding diaryl/α,β-unsaturated/α-hetero) is 1. The van der Waals surface area contributed by atoms with Crippen molar-refractivity contribution in [3.05, 3.63) is 51.1 Å². The number of benzene rings is 2. The van der Waals surface area contributed by atoms with Gasteiger partial charge in [0.2, 0.25) is 0 Å². The van der Waals surface area contributed by atoms with Gasteiger partial charge >= 0.3 is 0 Å². The van der Waals surface area contributed by atoms with Crippen LogP contribution in [0.25, 0.3) is 0 Å². The topological polar surface area (TPSA) is 72.9 Å². The van der Waals surface area contributed by atoms with Crippen LogP contribution < -0.4 is 9.04 Å². The monoisotopic (exact) mass is 583 g/mol. The predicted molar refractivity (Wildman–Crippen MR) is 137 cm³/mol. The number of hydrogen-bond acceptors (Lipinski definition) is 5. The van der Waals surface area contributed by atoms with Crippen molar-refractivity contribution in [1.82, 2.24) is 0 Å². The minimum atomic E-state index is -3.85. The van der Waals surface area contributed by atoms with Crippen LogP contribution in [-0.2, 0) is 21.2 Å². The molecule has 0 spiro atoms. The van der Waals surface area contributed by atoms with Gasteiger partial charge in [-0.3, -0.25) is 9.10 Å². The van der Waals surface area contributed by atoms with E-state index in [1.54, 1.807) is 16.4 Å². The Hall–Kier alpha value is -1.65. The number of aryl methyl sites for hydroxylation is 1. The summed E-state index contributed by atoms with van der Waals surface area (Å²) in [6, 6.07) is 10.4. The zero-order valence-electron chi connectivity index (χ0n) is 19.1. The summed E-state index contributed by atoms with van der Waals surface area (Å²) < 4.78 is 41.7. The summed E-state index contributed by atoms with van der Waals surface area (Å²) in [7, 11) is -3.85. The zero-order valence-corrected chi connectivity index (χ0v) is 22.0. The third-order valence-corrected chi connectivity index (χ3v) is 9.06. The molecule has 1 saturated heterocycles. The van der Waals surface area contributed by atoms with Gasteiger partial charge in [0.05, 0.1) is 22.8 Å². The van der Waals surface area contributed by atoms with E-state index < -0.39 is 10.0 Å². The molecule has 0 radical (unpaired) electrons. The molecule has 8 heteroatoms. The van der Waals surface area contributed by atoms with Gasteiger partial charge in [-0.15, -0.1) is 0 Å². The Morgan fingerprint density at radius 2 is 1.91 bits per heavy atom. The van der Waals surface area contributed by atoms with E-state index >= 15 is 0 Å². The van der Waals surface area contributed by atoms with Gasteiger partial charge < -0.3 is 9.47 Å². The molecule has 2 aliphatic heterocycles. The summed E-state index contributed by atoms with van der Waals surface area (Å²) in [6.07, 6.45) is 4.20. The molecule has 2 heterocycles. The number of carbonyl (C=O) groups is 1. The van der Waals surface area contributed by atoms with Gasteiger partial charge in [-0.1, -0.05) is 6.92 Å². The summed E-state index contributed by atoms with van der Waals surface area (Å²) in [5, 5.41) is 0. The molecule has 178 valence electrons. The van der Waals surface area contributed by atoms with Crippen LogP contribution in [0.1, 0.15) is 55.5 Å². The van der Waals surface area contributed by atoms with Crippen LogP contribution in [0, 0.1) is 9.49 Å². The van der Waals surface area contributed by atoms with Gasteiger partial charge in [-0.25, -0.2) is 8.42 Å². The smallest absolute Gasteiger partial charge is 0.264 e. The number of fused-ring (bicyclic) bond motifs is 1. The van der Waals surface area contributed by atoms with Crippen molar-refractivity contribution in [3.63, 3.8) is 0 Å². The van der Waals surface area contributed by atoms with Crippen LogP contribution in [0.15, 0.2) is 41.3 Å². The molecule has 6 nitrogen and oxygen atoms in total. The second kappa shape index (κ2) is 10.3. The second-order valence-electron chi connectivity index (χ2n) is 8.76. The number of ether oxygens (including phenoxy) is 2. The highest BCUT2D eigenvalue weighted by Gasteiger charge is 2.35. The molecule has 2 aromatic carbocycles. The van der Waals surface area contributed by atoms with E-state index in [0.717, 1.165) is 60.1 Å². The normalized spacial score (nSPS) is 19.2. The molecule has 0 N–H and O–H groups in total. The van der Waals surface area contributed by atoms with Crippen LogP contribution >= 0.6 is 22.6 Å². The minimum Gasteiger partial charge on any atom is -0.493 e. The first-order chi connectivity index (χ1) is 15.8. The molecule has 1 unspecified atom stereocenters. The zero-order chi connectivity index (χ0) is 23.6. The largest absolute Gasteiger partial charge is 0.493 e. The Labute approximate surface area is 209 Å². The van der Waals surface area contributed by atoms with Crippen LogP contribution in [0.4, 0.5) is 5.69 Å². The van der Waals surface area contributed by atoms with Crippen LogP contribution in [0.5, 0.6) is 5.75 Å². The average molecular weight is 583 g/mol. The van der Waals surface area contributed by atoms with Gasteiger partial charge in [0, 0.05) is 22.8 Å². The molecule has 2 aromatic rings. The van der Waals surface area contributed by atoms with E-state index in [0.29, 0.717) is 23.8 Å². The molecule has 4 rings (SSSR count). The fourth-order valence-corrected chi connectivity index (χ4v) is 6.98. The number of hydrogen-bond donors (Lipinski definition) is 0. The number of sulfonamides is 1. The third kappa shape index (κ3) is 5.22. The molecule has 0 amide bonds. The quantitative estimate of drug-likeness (QED) is 0.330. The van der Waals surface area contributed by atoms with Crippen LogP contribution in [-0.4, -0.2) is 40.1 Å². The molecular formula is C25H30INO5S. The van der Waals surface area contributed by atoms with E-state index in [2.05, 4.69) is 28.7 Å². The summed E-state index contributed by atoms with van der Waals surface area (Å²) in [5.74, 6) is 0.600. The SMILES string of the molecule is CCC1CCc2cc(I)ccc2N1S(=O)(=O)c1ccc(OCC2CCOCC2)c(C(C)=O)c1. The lowest BCUT2D eigenvalue weighted by Gasteiger charge is -2.37. The Balaban J connectivity index is 1.67. The van der Waals surface area contributed by atoms with Crippen LogP contribution in [0.2, 0.25) is 0 Å². The fraction of sp³-hybridized carbons (Fsp3) is 0.480. The molecular weight excluding hydrogens is 553 g/mol. The highest BCUT2D eigenvalue weighted by molar-refractivity contribution is 14.1. The number of carbonyl (C=O) groups excluding carboxylic acids is 1. The maximum atomic E-state index is 13.9. The van der Waals surface area contributed by atoms with Crippen molar-refractivity contribution in [2.24, 2.45) is 5.92 Å². The molecule has 0 aliphatic carbocycles. The van der Waals surface area contributed by atoms with Crippen molar-refractivity contribution in [2.45, 2.75) is 56.9 Å². The molecule has 2 aliphatic rings.